The van der Waals surface area contributed by atoms with Crippen LogP contribution in [0, 0.1) is 5.92 Å². The standard InChI is InChI=1S/C21H27NO4S/c1-2-20-18(22-14-27-20)13-16(23)10-11-17-15(9-12-19(17)24)7-5-3-4-6-8-21(25)26/h3,5,9,11-12,14-16,23H,2,4,6-8,10,13H2,1H3,(H,25,26). The molecule has 2 N–H and O–H groups in total. The number of hydrogen-bond donors (Lipinski definition) is 2. The molecule has 0 saturated carbocycles. The summed E-state index contributed by atoms with van der Waals surface area (Å²) in [6.07, 6.45) is 12.9. The molecular formula is C21H27NO4S. The van der Waals surface area contributed by atoms with Crippen LogP contribution in [0.25, 0.3) is 0 Å². The van der Waals surface area contributed by atoms with Crippen molar-refractivity contribution < 1.29 is 19.8 Å². The number of unbranched alkanes of at least 4 members (excludes halogenated alkanes) is 1. The average molecular weight is 390 g/mol. The number of carbonyl (C=O) groups excluding carboxylic acids is 1. The largest absolute Gasteiger partial charge is 0.481 e. The van der Waals surface area contributed by atoms with Gasteiger partial charge in [0.1, 0.15) is 0 Å². The number of aryl methyl sites for hydroxylation is 1. The normalized spacial score (nSPS) is 19.4. The van der Waals surface area contributed by atoms with Gasteiger partial charge in [0.15, 0.2) is 5.78 Å². The minimum atomic E-state index is -0.778. The maximum Gasteiger partial charge on any atom is 0.303 e. The van der Waals surface area contributed by atoms with Crippen LogP contribution in [0.3, 0.4) is 0 Å². The minimum Gasteiger partial charge on any atom is -0.481 e. The van der Waals surface area contributed by atoms with Crippen LogP contribution in [-0.4, -0.2) is 33.1 Å². The topological polar surface area (TPSA) is 87.5 Å². The molecule has 0 aromatic carbocycles. The second kappa shape index (κ2) is 10.9. The van der Waals surface area contributed by atoms with Crippen molar-refractivity contribution >= 4 is 23.1 Å². The van der Waals surface area contributed by atoms with Gasteiger partial charge in [0.25, 0.3) is 0 Å². The molecule has 1 heterocycles. The molecule has 0 fully saturated rings. The summed E-state index contributed by atoms with van der Waals surface area (Å²) >= 11 is 1.61. The van der Waals surface area contributed by atoms with E-state index in [9.17, 15) is 14.7 Å². The van der Waals surface area contributed by atoms with Crippen molar-refractivity contribution in [1.82, 2.24) is 4.98 Å². The summed E-state index contributed by atoms with van der Waals surface area (Å²) in [5.41, 5.74) is 3.49. The third-order valence-corrected chi connectivity index (χ3v) is 5.59. The van der Waals surface area contributed by atoms with E-state index in [1.54, 1.807) is 17.4 Å². The van der Waals surface area contributed by atoms with Crippen molar-refractivity contribution in [1.29, 1.82) is 0 Å². The van der Waals surface area contributed by atoms with Gasteiger partial charge in [-0.15, -0.1) is 11.3 Å². The average Bonchev–Trinajstić information content (AvgIpc) is 3.22. The van der Waals surface area contributed by atoms with Gasteiger partial charge in [-0.1, -0.05) is 31.2 Å². The number of nitrogens with zero attached hydrogens (tertiary/aromatic N) is 1. The molecule has 27 heavy (non-hydrogen) atoms. The summed E-state index contributed by atoms with van der Waals surface area (Å²) in [6, 6.07) is 0. The lowest BCUT2D eigenvalue weighted by molar-refractivity contribution is -0.137. The smallest absolute Gasteiger partial charge is 0.303 e. The summed E-state index contributed by atoms with van der Waals surface area (Å²) < 4.78 is 0. The lowest BCUT2D eigenvalue weighted by atomic mass is 9.95. The highest BCUT2D eigenvalue weighted by Crippen LogP contribution is 2.26. The van der Waals surface area contributed by atoms with Crippen LogP contribution in [0.15, 0.2) is 41.5 Å². The van der Waals surface area contributed by atoms with Crippen molar-refractivity contribution in [2.24, 2.45) is 5.92 Å². The molecule has 1 aromatic rings. The molecule has 2 rings (SSSR count). The Kier molecular flexibility index (Phi) is 8.61. The molecule has 0 radical (unpaired) electrons. The van der Waals surface area contributed by atoms with E-state index in [0.29, 0.717) is 25.7 Å². The Morgan fingerprint density at radius 3 is 2.96 bits per heavy atom. The number of aliphatic hydroxyl groups excluding tert-OH is 1. The molecule has 146 valence electrons. The fourth-order valence-electron chi connectivity index (χ4n) is 3.09. The Hall–Kier alpha value is -2.05. The van der Waals surface area contributed by atoms with Crippen LogP contribution in [0.1, 0.15) is 49.6 Å². The van der Waals surface area contributed by atoms with Crippen LogP contribution < -0.4 is 0 Å². The quantitative estimate of drug-likeness (QED) is 0.341. The molecule has 1 aromatic heterocycles. The summed E-state index contributed by atoms with van der Waals surface area (Å²) in [6.45, 7) is 2.08. The van der Waals surface area contributed by atoms with E-state index in [0.717, 1.165) is 24.1 Å². The van der Waals surface area contributed by atoms with Crippen molar-refractivity contribution in [3.63, 3.8) is 0 Å². The van der Waals surface area contributed by atoms with Crippen molar-refractivity contribution in [3.05, 3.63) is 52.0 Å². The fourth-order valence-corrected chi connectivity index (χ4v) is 3.84. The predicted molar refractivity (Wildman–Crippen MR) is 107 cm³/mol. The molecule has 0 saturated heterocycles. The molecule has 1 aliphatic rings. The molecule has 0 spiro atoms. The number of allylic oxidation sites excluding steroid dienone is 5. The van der Waals surface area contributed by atoms with E-state index < -0.39 is 12.1 Å². The first kappa shape index (κ1) is 21.3. The maximum absolute atomic E-state index is 12.1. The van der Waals surface area contributed by atoms with Gasteiger partial charge >= 0.3 is 5.97 Å². The lowest BCUT2D eigenvalue weighted by Gasteiger charge is -2.11. The van der Waals surface area contributed by atoms with Crippen LogP contribution >= 0.6 is 11.3 Å². The number of aromatic nitrogens is 1. The Labute approximate surface area is 164 Å². The van der Waals surface area contributed by atoms with Gasteiger partial charge in [-0.25, -0.2) is 4.98 Å². The monoisotopic (exact) mass is 389 g/mol. The van der Waals surface area contributed by atoms with Gasteiger partial charge in [0.05, 0.1) is 17.3 Å². The molecule has 5 nitrogen and oxygen atoms in total. The first-order chi connectivity index (χ1) is 13.0. The summed E-state index contributed by atoms with van der Waals surface area (Å²) in [4.78, 5) is 28.1. The van der Waals surface area contributed by atoms with Crippen LogP contribution in [0.5, 0.6) is 0 Å². The van der Waals surface area contributed by atoms with Crippen LogP contribution in [0.4, 0.5) is 0 Å². The predicted octanol–water partition coefficient (Wildman–Crippen LogP) is 3.88. The van der Waals surface area contributed by atoms with Gasteiger partial charge in [0.2, 0.25) is 0 Å². The highest BCUT2D eigenvalue weighted by Gasteiger charge is 2.22. The first-order valence-corrected chi connectivity index (χ1v) is 10.3. The van der Waals surface area contributed by atoms with Crippen molar-refractivity contribution in [3.8, 4) is 0 Å². The number of carbonyl (C=O) groups is 2. The zero-order chi connectivity index (χ0) is 19.6. The van der Waals surface area contributed by atoms with E-state index in [2.05, 4.69) is 11.9 Å². The Morgan fingerprint density at radius 2 is 2.22 bits per heavy atom. The van der Waals surface area contributed by atoms with Crippen molar-refractivity contribution in [2.75, 3.05) is 0 Å². The number of thiazole rings is 1. The van der Waals surface area contributed by atoms with Gasteiger partial charge < -0.3 is 10.2 Å². The summed E-state index contributed by atoms with van der Waals surface area (Å²) in [7, 11) is 0. The van der Waals surface area contributed by atoms with E-state index >= 15 is 0 Å². The van der Waals surface area contributed by atoms with Gasteiger partial charge in [-0.3, -0.25) is 9.59 Å². The van der Waals surface area contributed by atoms with Crippen LogP contribution in [0.2, 0.25) is 0 Å². The Bertz CT molecular complexity index is 732. The highest BCUT2D eigenvalue weighted by molar-refractivity contribution is 7.09. The number of aliphatic hydroxyl groups is 1. The van der Waals surface area contributed by atoms with Crippen LogP contribution in [-0.2, 0) is 22.4 Å². The Morgan fingerprint density at radius 1 is 1.41 bits per heavy atom. The number of hydrogen-bond acceptors (Lipinski definition) is 5. The molecule has 1 aliphatic carbocycles. The molecule has 0 aliphatic heterocycles. The second-order valence-electron chi connectivity index (χ2n) is 6.65. The first-order valence-electron chi connectivity index (χ1n) is 9.39. The van der Waals surface area contributed by atoms with Gasteiger partial charge in [-0.2, -0.15) is 0 Å². The van der Waals surface area contributed by atoms with E-state index in [1.807, 2.05) is 29.8 Å². The zero-order valence-electron chi connectivity index (χ0n) is 15.6. The number of carboxylic acid groups (broad SMARTS) is 1. The highest BCUT2D eigenvalue weighted by atomic mass is 32.1. The lowest BCUT2D eigenvalue weighted by Crippen LogP contribution is -2.12. The summed E-state index contributed by atoms with van der Waals surface area (Å²) in [5.74, 6) is -0.736. The SMILES string of the molecule is CCc1scnc1CC(O)CC=C1C(=O)C=CC1CC=CCCCC(=O)O. The van der Waals surface area contributed by atoms with Gasteiger partial charge in [-0.05, 0) is 38.2 Å². The maximum atomic E-state index is 12.1. The number of carboxylic acids is 1. The molecule has 2 unspecified atom stereocenters. The number of ketones is 1. The fraction of sp³-hybridized carbons (Fsp3) is 0.476. The molecule has 0 amide bonds. The summed E-state index contributed by atoms with van der Waals surface area (Å²) in [5, 5.41) is 18.9. The minimum absolute atomic E-state index is 0.00869. The van der Waals surface area contributed by atoms with E-state index in [4.69, 9.17) is 5.11 Å². The van der Waals surface area contributed by atoms with Crippen molar-refractivity contribution in [2.45, 2.75) is 58.0 Å². The third-order valence-electron chi connectivity index (χ3n) is 4.57. The molecular weight excluding hydrogens is 362 g/mol. The number of rotatable bonds is 11. The second-order valence-corrected chi connectivity index (χ2v) is 7.59. The molecule has 6 heteroatoms. The zero-order valence-corrected chi connectivity index (χ0v) is 16.5. The van der Waals surface area contributed by atoms with E-state index in [1.165, 1.54) is 4.88 Å². The van der Waals surface area contributed by atoms with E-state index in [-0.39, 0.29) is 18.1 Å². The molecule has 0 bridgehead atoms. The molecule has 2 atom stereocenters. The third kappa shape index (κ3) is 6.88. The van der Waals surface area contributed by atoms with Gasteiger partial charge in [0, 0.05) is 29.2 Å². The number of aliphatic carboxylic acids is 1. The Balaban J connectivity index is 1.84.